The van der Waals surface area contributed by atoms with Crippen LogP contribution in [-0.2, 0) is 4.79 Å². The minimum atomic E-state index is 0.0830. The lowest BCUT2D eigenvalue weighted by atomic mass is 10.0. The van der Waals surface area contributed by atoms with Crippen molar-refractivity contribution in [2.24, 2.45) is 0 Å². The van der Waals surface area contributed by atoms with E-state index in [2.05, 4.69) is 38.3 Å². The molecule has 0 aromatic carbocycles. The summed E-state index contributed by atoms with van der Waals surface area (Å²) in [5, 5.41) is 6.57. The second-order valence-electron chi connectivity index (χ2n) is 5.93. The standard InChI is InChI=1S/C13H26N2O/c1-5-6-11(15-13(2,3)4)9-12(16)14-10-7-8-10/h10-11,15H,5-9H2,1-4H3,(H,14,16). The summed E-state index contributed by atoms with van der Waals surface area (Å²) in [4.78, 5) is 11.7. The van der Waals surface area contributed by atoms with Crippen LogP contribution >= 0.6 is 0 Å². The summed E-state index contributed by atoms with van der Waals surface area (Å²) in [5.74, 6) is 0.206. The monoisotopic (exact) mass is 226 g/mol. The highest BCUT2D eigenvalue weighted by Crippen LogP contribution is 2.19. The molecule has 1 rings (SSSR count). The van der Waals surface area contributed by atoms with Gasteiger partial charge in [0.05, 0.1) is 0 Å². The Morgan fingerprint density at radius 3 is 2.44 bits per heavy atom. The molecule has 1 atom stereocenters. The minimum Gasteiger partial charge on any atom is -0.353 e. The summed E-state index contributed by atoms with van der Waals surface area (Å²) in [6.45, 7) is 8.60. The molecular weight excluding hydrogens is 200 g/mol. The van der Waals surface area contributed by atoms with Crippen molar-refractivity contribution in [2.75, 3.05) is 0 Å². The zero-order chi connectivity index (χ0) is 12.2. The average molecular weight is 226 g/mol. The lowest BCUT2D eigenvalue weighted by Gasteiger charge is -2.28. The molecule has 2 N–H and O–H groups in total. The Kier molecular flexibility index (Phi) is 4.78. The molecule has 0 aromatic rings. The molecule has 1 fully saturated rings. The van der Waals surface area contributed by atoms with Crippen molar-refractivity contribution in [3.05, 3.63) is 0 Å². The van der Waals surface area contributed by atoms with E-state index in [4.69, 9.17) is 0 Å². The van der Waals surface area contributed by atoms with Gasteiger partial charge in [-0.1, -0.05) is 13.3 Å². The Labute approximate surface area is 99.4 Å². The van der Waals surface area contributed by atoms with Crippen LogP contribution < -0.4 is 10.6 Å². The highest BCUT2D eigenvalue weighted by molar-refractivity contribution is 5.77. The lowest BCUT2D eigenvalue weighted by molar-refractivity contribution is -0.121. The van der Waals surface area contributed by atoms with E-state index in [1.165, 1.54) is 0 Å². The Morgan fingerprint density at radius 1 is 1.38 bits per heavy atom. The molecule has 0 saturated heterocycles. The van der Waals surface area contributed by atoms with E-state index in [1.807, 2.05) is 0 Å². The fraction of sp³-hybridized carbons (Fsp3) is 0.923. The first kappa shape index (κ1) is 13.5. The van der Waals surface area contributed by atoms with Crippen LogP contribution in [0, 0.1) is 0 Å². The van der Waals surface area contributed by atoms with Gasteiger partial charge < -0.3 is 10.6 Å². The predicted octanol–water partition coefficient (Wildman–Crippen LogP) is 2.21. The van der Waals surface area contributed by atoms with Gasteiger partial charge in [0, 0.05) is 24.0 Å². The molecule has 0 radical (unpaired) electrons. The molecule has 0 aromatic heterocycles. The van der Waals surface area contributed by atoms with E-state index < -0.39 is 0 Å². The quantitative estimate of drug-likeness (QED) is 0.729. The van der Waals surface area contributed by atoms with E-state index >= 15 is 0 Å². The zero-order valence-corrected chi connectivity index (χ0v) is 11.1. The van der Waals surface area contributed by atoms with Gasteiger partial charge in [-0.2, -0.15) is 0 Å². The molecule has 3 nitrogen and oxygen atoms in total. The number of carbonyl (C=O) groups is 1. The maximum absolute atomic E-state index is 11.7. The lowest BCUT2D eigenvalue weighted by Crippen LogP contribution is -2.46. The maximum atomic E-state index is 11.7. The fourth-order valence-electron chi connectivity index (χ4n) is 1.92. The Morgan fingerprint density at radius 2 is 2.00 bits per heavy atom. The summed E-state index contributed by atoms with van der Waals surface area (Å²) in [7, 11) is 0. The molecule has 0 bridgehead atoms. The van der Waals surface area contributed by atoms with Gasteiger partial charge in [-0.3, -0.25) is 4.79 Å². The van der Waals surface area contributed by atoms with E-state index in [0.29, 0.717) is 18.5 Å². The molecule has 1 amide bonds. The van der Waals surface area contributed by atoms with Gasteiger partial charge in [0.2, 0.25) is 5.91 Å². The molecule has 1 aliphatic rings. The first-order valence-electron chi connectivity index (χ1n) is 6.48. The van der Waals surface area contributed by atoms with Crippen LogP contribution in [0.1, 0.15) is 59.8 Å². The number of rotatable bonds is 6. The number of carbonyl (C=O) groups excluding carboxylic acids is 1. The van der Waals surface area contributed by atoms with Crippen LogP contribution in [-0.4, -0.2) is 23.5 Å². The molecule has 0 aliphatic heterocycles. The summed E-state index contributed by atoms with van der Waals surface area (Å²) < 4.78 is 0. The highest BCUT2D eigenvalue weighted by Gasteiger charge is 2.25. The molecule has 1 saturated carbocycles. The third kappa shape index (κ3) is 6.11. The third-order valence-corrected chi connectivity index (χ3v) is 2.65. The summed E-state index contributed by atoms with van der Waals surface area (Å²) >= 11 is 0. The van der Waals surface area contributed by atoms with Crippen LogP contribution in [0.25, 0.3) is 0 Å². The van der Waals surface area contributed by atoms with Crippen molar-refractivity contribution in [1.82, 2.24) is 10.6 Å². The maximum Gasteiger partial charge on any atom is 0.221 e. The molecule has 0 spiro atoms. The van der Waals surface area contributed by atoms with Crippen LogP contribution in [0.5, 0.6) is 0 Å². The van der Waals surface area contributed by atoms with E-state index in [9.17, 15) is 4.79 Å². The molecule has 0 heterocycles. The van der Waals surface area contributed by atoms with Gasteiger partial charge in [0.15, 0.2) is 0 Å². The normalized spacial score (nSPS) is 18.2. The van der Waals surface area contributed by atoms with Crippen molar-refractivity contribution in [1.29, 1.82) is 0 Å². The molecular formula is C13H26N2O. The van der Waals surface area contributed by atoms with Crippen LogP contribution in [0.3, 0.4) is 0 Å². The molecule has 3 heteroatoms. The number of hydrogen-bond acceptors (Lipinski definition) is 2. The van der Waals surface area contributed by atoms with Gasteiger partial charge in [0.25, 0.3) is 0 Å². The third-order valence-electron chi connectivity index (χ3n) is 2.65. The Hall–Kier alpha value is -0.570. The molecule has 1 unspecified atom stereocenters. The molecule has 16 heavy (non-hydrogen) atoms. The van der Waals surface area contributed by atoms with Crippen LogP contribution in [0.4, 0.5) is 0 Å². The van der Waals surface area contributed by atoms with Crippen molar-refractivity contribution in [2.45, 2.75) is 77.4 Å². The number of nitrogens with one attached hydrogen (secondary N) is 2. The van der Waals surface area contributed by atoms with Crippen LogP contribution in [0.2, 0.25) is 0 Å². The number of hydrogen-bond donors (Lipinski definition) is 2. The van der Waals surface area contributed by atoms with E-state index in [0.717, 1.165) is 25.7 Å². The summed E-state index contributed by atoms with van der Waals surface area (Å²) in [6.07, 6.45) is 5.12. The minimum absolute atomic E-state index is 0.0830. The fourth-order valence-corrected chi connectivity index (χ4v) is 1.92. The first-order chi connectivity index (χ1) is 7.40. The van der Waals surface area contributed by atoms with Crippen molar-refractivity contribution >= 4 is 5.91 Å². The van der Waals surface area contributed by atoms with Gasteiger partial charge >= 0.3 is 0 Å². The smallest absolute Gasteiger partial charge is 0.221 e. The second kappa shape index (κ2) is 5.67. The first-order valence-corrected chi connectivity index (χ1v) is 6.48. The van der Waals surface area contributed by atoms with Crippen molar-refractivity contribution in [3.8, 4) is 0 Å². The summed E-state index contributed by atoms with van der Waals surface area (Å²) in [5.41, 5.74) is 0.0830. The zero-order valence-electron chi connectivity index (χ0n) is 11.1. The van der Waals surface area contributed by atoms with Gasteiger partial charge in [-0.25, -0.2) is 0 Å². The largest absolute Gasteiger partial charge is 0.353 e. The van der Waals surface area contributed by atoms with Gasteiger partial charge in [-0.05, 0) is 40.0 Å². The SMILES string of the molecule is CCCC(CC(=O)NC1CC1)NC(C)(C)C. The van der Waals surface area contributed by atoms with E-state index in [1.54, 1.807) is 0 Å². The Bertz CT molecular complexity index is 229. The molecule has 94 valence electrons. The molecule has 1 aliphatic carbocycles. The van der Waals surface area contributed by atoms with Crippen molar-refractivity contribution < 1.29 is 4.79 Å². The van der Waals surface area contributed by atoms with E-state index in [-0.39, 0.29) is 11.4 Å². The van der Waals surface area contributed by atoms with Crippen LogP contribution in [0.15, 0.2) is 0 Å². The summed E-state index contributed by atoms with van der Waals surface area (Å²) in [6, 6.07) is 0.785. The predicted molar refractivity (Wildman–Crippen MR) is 67.4 cm³/mol. The Balaban J connectivity index is 2.33. The second-order valence-corrected chi connectivity index (χ2v) is 5.93. The topological polar surface area (TPSA) is 41.1 Å². The van der Waals surface area contributed by atoms with Crippen molar-refractivity contribution in [3.63, 3.8) is 0 Å². The van der Waals surface area contributed by atoms with Gasteiger partial charge in [-0.15, -0.1) is 0 Å². The highest BCUT2D eigenvalue weighted by atomic mass is 16.1. The average Bonchev–Trinajstić information content (AvgIpc) is 2.84. The number of amides is 1. The van der Waals surface area contributed by atoms with Gasteiger partial charge in [0.1, 0.15) is 0 Å².